The second-order valence-electron chi connectivity index (χ2n) is 7.64. The molecule has 0 aliphatic carbocycles. The highest BCUT2D eigenvalue weighted by atomic mass is 16.5. The molecule has 3 rings (SSSR count). The summed E-state index contributed by atoms with van der Waals surface area (Å²) in [5, 5.41) is 10.4. The van der Waals surface area contributed by atoms with Crippen molar-refractivity contribution in [3.63, 3.8) is 0 Å². The summed E-state index contributed by atoms with van der Waals surface area (Å²) in [6, 6.07) is 16.2. The van der Waals surface area contributed by atoms with Gasteiger partial charge < -0.3 is 15.6 Å². The summed E-state index contributed by atoms with van der Waals surface area (Å²) in [6.07, 6.45) is 3.48. The lowest BCUT2D eigenvalue weighted by molar-refractivity contribution is -0.117. The largest absolute Gasteiger partial charge is 0.491 e. The molecule has 0 radical (unpaired) electrons. The van der Waals surface area contributed by atoms with E-state index in [1.54, 1.807) is 0 Å². The van der Waals surface area contributed by atoms with Crippen LogP contribution in [0.5, 0.6) is 5.75 Å². The predicted molar refractivity (Wildman–Crippen MR) is 116 cm³/mol. The molecular weight excluding hydrogens is 364 g/mol. The first-order valence-corrected chi connectivity index (χ1v) is 10.2. The molecule has 1 aliphatic heterocycles. The quantitative estimate of drug-likeness (QED) is 0.686. The van der Waals surface area contributed by atoms with Gasteiger partial charge in [-0.15, -0.1) is 0 Å². The molecule has 5 nitrogen and oxygen atoms in total. The summed E-state index contributed by atoms with van der Waals surface area (Å²) < 4.78 is 5.83. The molecule has 154 valence electrons. The first kappa shape index (κ1) is 21.1. The molecule has 1 aliphatic rings. The minimum absolute atomic E-state index is 0.221. The number of nitrogens with two attached hydrogens (primary N) is 1. The fourth-order valence-corrected chi connectivity index (χ4v) is 3.55. The highest BCUT2D eigenvalue weighted by Gasteiger charge is 2.17. The second-order valence-corrected chi connectivity index (χ2v) is 7.64. The number of nitrogens with zero attached hydrogens (tertiary/aromatic N) is 1. The summed E-state index contributed by atoms with van der Waals surface area (Å²) in [7, 11) is 0. The zero-order chi connectivity index (χ0) is 20.6. The molecular formula is C24H30N2O3. The van der Waals surface area contributed by atoms with Gasteiger partial charge in [0.05, 0.1) is 0 Å². The minimum atomic E-state index is -0.575. The van der Waals surface area contributed by atoms with Crippen molar-refractivity contribution in [2.45, 2.75) is 32.3 Å². The van der Waals surface area contributed by atoms with Crippen molar-refractivity contribution in [3.05, 3.63) is 71.3 Å². The number of aliphatic hydroxyl groups is 1. The molecule has 0 fully saturated rings. The van der Waals surface area contributed by atoms with Gasteiger partial charge in [-0.25, -0.2) is 0 Å². The van der Waals surface area contributed by atoms with Gasteiger partial charge in [0.15, 0.2) is 0 Å². The molecule has 0 saturated heterocycles. The Kier molecular flexibility index (Phi) is 7.44. The van der Waals surface area contributed by atoms with Crippen molar-refractivity contribution in [1.29, 1.82) is 0 Å². The molecule has 1 unspecified atom stereocenters. The van der Waals surface area contributed by atoms with E-state index in [1.807, 2.05) is 24.3 Å². The van der Waals surface area contributed by atoms with E-state index in [0.717, 1.165) is 25.1 Å². The Morgan fingerprint density at radius 1 is 1.21 bits per heavy atom. The fourth-order valence-electron chi connectivity index (χ4n) is 3.55. The number of para-hydroxylation sites is 1. The van der Waals surface area contributed by atoms with Crippen LogP contribution < -0.4 is 10.5 Å². The molecule has 29 heavy (non-hydrogen) atoms. The van der Waals surface area contributed by atoms with Crippen molar-refractivity contribution in [1.82, 2.24) is 4.90 Å². The van der Waals surface area contributed by atoms with E-state index in [-0.39, 0.29) is 18.9 Å². The maximum Gasteiger partial charge on any atom is 0.217 e. The number of amides is 1. The van der Waals surface area contributed by atoms with Crippen molar-refractivity contribution in [2.24, 2.45) is 5.73 Å². The number of aryl methyl sites for hydroxylation is 2. The minimum Gasteiger partial charge on any atom is -0.491 e. The first-order valence-electron chi connectivity index (χ1n) is 10.2. The average Bonchev–Trinajstić information content (AvgIpc) is 2.72. The predicted octanol–water partition coefficient (Wildman–Crippen LogP) is 2.94. The molecule has 0 saturated carbocycles. The van der Waals surface area contributed by atoms with Crippen LogP contribution in [0.25, 0.3) is 5.57 Å². The maximum atomic E-state index is 11.0. The third kappa shape index (κ3) is 6.44. The van der Waals surface area contributed by atoms with E-state index >= 15 is 0 Å². The van der Waals surface area contributed by atoms with Gasteiger partial charge in [-0.1, -0.05) is 54.1 Å². The third-order valence-electron chi connectivity index (χ3n) is 5.23. The van der Waals surface area contributed by atoms with Crippen molar-refractivity contribution in [3.8, 4) is 5.75 Å². The lowest BCUT2D eigenvalue weighted by Gasteiger charge is -2.28. The van der Waals surface area contributed by atoms with Gasteiger partial charge in [0.1, 0.15) is 18.5 Å². The molecule has 1 heterocycles. The molecule has 1 amide bonds. The smallest absolute Gasteiger partial charge is 0.217 e. The number of benzene rings is 2. The lowest BCUT2D eigenvalue weighted by atomic mass is 9.98. The van der Waals surface area contributed by atoms with Crippen LogP contribution in [0.1, 0.15) is 29.5 Å². The van der Waals surface area contributed by atoms with Crippen LogP contribution in [0.15, 0.2) is 54.6 Å². The Morgan fingerprint density at radius 3 is 2.66 bits per heavy atom. The number of β-amino-alcohol motifs (C(OH)–C–C–N with tert-alkyl or cyclic N) is 1. The van der Waals surface area contributed by atoms with Crippen molar-refractivity contribution in [2.75, 3.05) is 26.2 Å². The summed E-state index contributed by atoms with van der Waals surface area (Å²) >= 11 is 0. The summed E-state index contributed by atoms with van der Waals surface area (Å²) in [5.74, 6) is 0.371. The topological polar surface area (TPSA) is 75.8 Å². The van der Waals surface area contributed by atoms with Gasteiger partial charge in [0.25, 0.3) is 0 Å². The Labute approximate surface area is 172 Å². The van der Waals surface area contributed by atoms with Crippen LogP contribution in [0.2, 0.25) is 0 Å². The zero-order valence-electron chi connectivity index (χ0n) is 17.0. The summed E-state index contributed by atoms with van der Waals surface area (Å²) in [6.45, 7) is 4.64. The van der Waals surface area contributed by atoms with Crippen molar-refractivity contribution >= 4 is 11.5 Å². The van der Waals surface area contributed by atoms with Crippen LogP contribution in [0.4, 0.5) is 0 Å². The number of primary amides is 1. The Hall–Kier alpha value is -2.63. The molecule has 2 aromatic rings. The lowest BCUT2D eigenvalue weighted by Crippen LogP contribution is -2.38. The molecule has 3 N–H and O–H groups in total. The number of carbonyl (C=O) groups excluding carboxylic acids is 1. The van der Waals surface area contributed by atoms with Gasteiger partial charge in [0, 0.05) is 26.1 Å². The normalized spacial score (nSPS) is 15.6. The number of rotatable bonds is 9. The highest BCUT2D eigenvalue weighted by Crippen LogP contribution is 2.23. The molecule has 5 heteroatoms. The van der Waals surface area contributed by atoms with Gasteiger partial charge in [-0.2, -0.15) is 0 Å². The summed E-state index contributed by atoms with van der Waals surface area (Å²) in [5.41, 5.74) is 10.1. The number of ether oxygens (including phenoxy) is 1. The third-order valence-corrected chi connectivity index (χ3v) is 5.23. The maximum absolute atomic E-state index is 11.0. The fraction of sp³-hybridized carbons (Fsp3) is 0.375. The SMILES string of the molecule is Cc1ccc(C2=CCN(CC(O)COc3ccccc3CCC(N)=O)CC2)cc1. The standard InChI is InChI=1S/C24H30N2O3/c1-18-6-8-19(9-7-18)20-12-14-26(15-13-20)16-22(27)17-29-23-5-3-2-4-21(23)10-11-24(25)28/h2-9,12,22,27H,10-11,13-17H2,1H3,(H2,25,28). The molecule has 0 aromatic heterocycles. The molecule has 0 spiro atoms. The van der Waals surface area contributed by atoms with Crippen molar-refractivity contribution < 1.29 is 14.6 Å². The first-order chi connectivity index (χ1) is 14.0. The van der Waals surface area contributed by atoms with Crippen LogP contribution in [0.3, 0.4) is 0 Å². The molecule has 2 aromatic carbocycles. The summed E-state index contributed by atoms with van der Waals surface area (Å²) in [4.78, 5) is 13.3. The van der Waals surface area contributed by atoms with E-state index in [1.165, 1.54) is 16.7 Å². The van der Waals surface area contributed by atoms with E-state index in [2.05, 4.69) is 42.2 Å². The molecule has 1 atom stereocenters. The molecule has 0 bridgehead atoms. The van der Waals surface area contributed by atoms with Gasteiger partial charge >= 0.3 is 0 Å². The number of carbonyl (C=O) groups is 1. The second kappa shape index (κ2) is 10.2. The van der Waals surface area contributed by atoms with Crippen LogP contribution >= 0.6 is 0 Å². The Bertz CT molecular complexity index is 845. The van der Waals surface area contributed by atoms with E-state index in [0.29, 0.717) is 18.7 Å². The van der Waals surface area contributed by atoms with Crippen LogP contribution in [-0.2, 0) is 11.2 Å². The van der Waals surface area contributed by atoms with Gasteiger partial charge in [-0.3, -0.25) is 9.69 Å². The monoisotopic (exact) mass is 394 g/mol. The highest BCUT2D eigenvalue weighted by molar-refractivity contribution is 5.74. The van der Waals surface area contributed by atoms with Gasteiger partial charge in [-0.05, 0) is 42.5 Å². The number of hydrogen-bond donors (Lipinski definition) is 2. The number of aliphatic hydroxyl groups excluding tert-OH is 1. The average molecular weight is 395 g/mol. The Balaban J connectivity index is 1.48. The van der Waals surface area contributed by atoms with Gasteiger partial charge in [0.2, 0.25) is 5.91 Å². The van der Waals surface area contributed by atoms with Crippen LogP contribution in [-0.4, -0.2) is 48.3 Å². The van der Waals surface area contributed by atoms with E-state index < -0.39 is 6.10 Å². The number of hydrogen-bond acceptors (Lipinski definition) is 4. The van der Waals surface area contributed by atoms with E-state index in [9.17, 15) is 9.90 Å². The van der Waals surface area contributed by atoms with Crippen LogP contribution in [0, 0.1) is 6.92 Å². The zero-order valence-corrected chi connectivity index (χ0v) is 17.0. The van der Waals surface area contributed by atoms with E-state index in [4.69, 9.17) is 10.5 Å². The Morgan fingerprint density at radius 2 is 1.97 bits per heavy atom.